The van der Waals surface area contributed by atoms with Gasteiger partial charge in [-0.1, -0.05) is 61.5 Å². The lowest BCUT2D eigenvalue weighted by molar-refractivity contribution is -0.130. The molecule has 0 radical (unpaired) electrons. The fourth-order valence-corrected chi connectivity index (χ4v) is 2.64. The van der Waals surface area contributed by atoms with Crippen LogP contribution in [0.1, 0.15) is 79.8 Å². The van der Waals surface area contributed by atoms with Gasteiger partial charge in [-0.15, -0.1) is 0 Å². The average molecular weight is 349 g/mol. The van der Waals surface area contributed by atoms with E-state index in [1.807, 2.05) is 73.6 Å². The van der Waals surface area contributed by atoms with Gasteiger partial charge in [0.1, 0.15) is 0 Å². The maximum absolute atomic E-state index is 12.4. The third-order valence-electron chi connectivity index (χ3n) is 4.02. The first kappa shape index (κ1) is 23.3. The van der Waals surface area contributed by atoms with Gasteiger partial charge in [-0.3, -0.25) is 14.6 Å². The Kier molecular flexibility index (Phi) is 10.3. The van der Waals surface area contributed by atoms with Crippen LogP contribution in [0.5, 0.6) is 0 Å². The summed E-state index contributed by atoms with van der Waals surface area (Å²) in [4.78, 5) is 28.7. The van der Waals surface area contributed by atoms with E-state index in [2.05, 4.69) is 10.3 Å². The predicted molar refractivity (Wildman–Crippen MR) is 104 cm³/mol. The number of nitrogens with zero attached hydrogens (tertiary/aromatic N) is 1. The van der Waals surface area contributed by atoms with Gasteiger partial charge in [0.05, 0.1) is 6.04 Å². The summed E-state index contributed by atoms with van der Waals surface area (Å²) in [5.41, 5.74) is 0.699. The summed E-state index contributed by atoms with van der Waals surface area (Å²) in [7, 11) is 0. The summed E-state index contributed by atoms with van der Waals surface area (Å²) in [6.07, 6.45) is 3.01. The molecule has 0 spiro atoms. The topological polar surface area (TPSA) is 59.1 Å². The van der Waals surface area contributed by atoms with Crippen LogP contribution in [-0.4, -0.2) is 22.7 Å². The number of pyridine rings is 1. The van der Waals surface area contributed by atoms with Crippen molar-refractivity contribution in [2.24, 2.45) is 11.3 Å². The molecule has 1 aliphatic rings. The molecule has 0 bridgehead atoms. The zero-order valence-corrected chi connectivity index (χ0v) is 17.2. The SMILES string of the molecule is CC.CC.CCC(=O)C(NC(=O)[C@H]1C[C@H]1c1ccccn1)C(C)(C)C. The van der Waals surface area contributed by atoms with Gasteiger partial charge in [0.25, 0.3) is 0 Å². The van der Waals surface area contributed by atoms with Gasteiger partial charge >= 0.3 is 0 Å². The number of rotatable bonds is 5. The molecule has 1 saturated carbocycles. The third-order valence-corrected chi connectivity index (χ3v) is 4.02. The number of aromatic nitrogens is 1. The molecule has 1 amide bonds. The van der Waals surface area contributed by atoms with Gasteiger partial charge in [-0.2, -0.15) is 0 Å². The minimum atomic E-state index is -0.417. The van der Waals surface area contributed by atoms with Gasteiger partial charge in [-0.25, -0.2) is 0 Å². The number of hydrogen-bond donors (Lipinski definition) is 1. The molecular formula is C21H36N2O2. The first-order chi connectivity index (χ1) is 11.8. The highest BCUT2D eigenvalue weighted by Crippen LogP contribution is 2.46. The summed E-state index contributed by atoms with van der Waals surface area (Å²) in [5.74, 6) is 0.219. The van der Waals surface area contributed by atoms with Gasteiger partial charge in [0.15, 0.2) is 5.78 Å². The molecule has 0 aliphatic heterocycles. The Labute approximate surface area is 153 Å². The molecule has 2 rings (SSSR count). The Balaban J connectivity index is 0.00000134. The standard InChI is InChI=1S/C17H24N2O2.2C2H6/c1-5-14(20)15(17(2,3)4)19-16(21)12-10-11(12)13-8-6-7-9-18-13;2*1-2/h6-9,11-12,15H,5,10H2,1-4H3,(H,19,21);2*1-2H3/t11-,12+,15?;;/m1../s1. The van der Waals surface area contributed by atoms with Crippen molar-refractivity contribution in [1.82, 2.24) is 10.3 Å². The van der Waals surface area contributed by atoms with E-state index in [1.54, 1.807) is 6.20 Å². The van der Waals surface area contributed by atoms with Crippen LogP contribution in [0.25, 0.3) is 0 Å². The summed E-state index contributed by atoms with van der Waals surface area (Å²) in [5, 5.41) is 2.95. The fourth-order valence-electron chi connectivity index (χ4n) is 2.64. The fraction of sp³-hybridized carbons (Fsp3) is 0.667. The predicted octanol–water partition coefficient (Wildman–Crippen LogP) is 4.75. The number of ketones is 1. The minimum absolute atomic E-state index is 0.0209. The molecule has 4 nitrogen and oxygen atoms in total. The molecule has 1 aliphatic carbocycles. The first-order valence-electron chi connectivity index (χ1n) is 9.58. The molecule has 1 heterocycles. The molecule has 1 aromatic heterocycles. The summed E-state index contributed by atoms with van der Waals surface area (Å²) >= 11 is 0. The monoisotopic (exact) mass is 348 g/mol. The molecule has 1 aromatic rings. The van der Waals surface area contributed by atoms with Gasteiger partial charge in [-0.05, 0) is 24.0 Å². The highest BCUT2D eigenvalue weighted by Gasteiger charge is 2.46. The van der Waals surface area contributed by atoms with Crippen LogP contribution in [-0.2, 0) is 9.59 Å². The molecule has 1 N–H and O–H groups in total. The van der Waals surface area contributed by atoms with Gasteiger partial charge in [0.2, 0.25) is 5.91 Å². The van der Waals surface area contributed by atoms with Crippen LogP contribution in [0.15, 0.2) is 24.4 Å². The number of amides is 1. The molecule has 1 fully saturated rings. The number of carbonyl (C=O) groups is 2. The van der Waals surface area contributed by atoms with Crippen molar-refractivity contribution in [2.45, 2.75) is 80.2 Å². The number of hydrogen-bond acceptors (Lipinski definition) is 3. The normalized spacial score (nSPS) is 19.4. The van der Waals surface area contributed by atoms with Crippen molar-refractivity contribution in [2.75, 3.05) is 0 Å². The van der Waals surface area contributed by atoms with E-state index in [0.717, 1.165) is 12.1 Å². The Morgan fingerprint density at radius 3 is 2.24 bits per heavy atom. The Morgan fingerprint density at radius 1 is 1.20 bits per heavy atom. The molecular weight excluding hydrogens is 312 g/mol. The Morgan fingerprint density at radius 2 is 1.80 bits per heavy atom. The van der Waals surface area contributed by atoms with Crippen LogP contribution in [0, 0.1) is 11.3 Å². The van der Waals surface area contributed by atoms with Crippen molar-refractivity contribution in [1.29, 1.82) is 0 Å². The quantitative estimate of drug-likeness (QED) is 0.835. The first-order valence-corrected chi connectivity index (χ1v) is 9.58. The maximum atomic E-state index is 12.4. The summed E-state index contributed by atoms with van der Waals surface area (Å²) < 4.78 is 0. The second-order valence-corrected chi connectivity index (χ2v) is 6.83. The summed E-state index contributed by atoms with van der Waals surface area (Å²) in [6.45, 7) is 15.8. The highest BCUT2D eigenvalue weighted by atomic mass is 16.2. The third kappa shape index (κ3) is 6.97. The van der Waals surface area contributed by atoms with E-state index in [1.165, 1.54) is 0 Å². The van der Waals surface area contributed by atoms with Crippen LogP contribution < -0.4 is 5.32 Å². The van der Waals surface area contributed by atoms with Crippen molar-refractivity contribution >= 4 is 11.7 Å². The van der Waals surface area contributed by atoms with Crippen LogP contribution in [0.3, 0.4) is 0 Å². The zero-order chi connectivity index (χ0) is 19.6. The van der Waals surface area contributed by atoms with E-state index in [4.69, 9.17) is 0 Å². The summed E-state index contributed by atoms with van der Waals surface area (Å²) in [6, 6.07) is 5.35. The number of carbonyl (C=O) groups excluding carboxylic acids is 2. The van der Waals surface area contributed by atoms with Crippen LogP contribution in [0.4, 0.5) is 0 Å². The lowest BCUT2D eigenvalue weighted by Crippen LogP contribution is -2.49. The van der Waals surface area contributed by atoms with Crippen molar-refractivity contribution in [3.05, 3.63) is 30.1 Å². The molecule has 1 unspecified atom stereocenters. The van der Waals surface area contributed by atoms with E-state index >= 15 is 0 Å². The minimum Gasteiger partial charge on any atom is -0.346 e. The van der Waals surface area contributed by atoms with E-state index < -0.39 is 6.04 Å². The van der Waals surface area contributed by atoms with E-state index in [0.29, 0.717) is 6.42 Å². The Bertz CT molecular complexity index is 520. The zero-order valence-electron chi connectivity index (χ0n) is 17.2. The maximum Gasteiger partial charge on any atom is 0.224 e. The number of Topliss-reactive ketones (excluding diaryl/α,β-unsaturated/α-hetero) is 1. The second-order valence-electron chi connectivity index (χ2n) is 6.83. The average Bonchev–Trinajstić information content (AvgIpc) is 3.43. The molecule has 0 saturated heterocycles. The molecule has 0 aromatic carbocycles. The van der Waals surface area contributed by atoms with Crippen molar-refractivity contribution in [3.8, 4) is 0 Å². The molecule has 142 valence electrons. The van der Waals surface area contributed by atoms with Crippen LogP contribution in [0.2, 0.25) is 0 Å². The number of nitrogens with one attached hydrogen (secondary N) is 1. The second kappa shape index (κ2) is 11.0. The molecule has 25 heavy (non-hydrogen) atoms. The van der Waals surface area contributed by atoms with E-state index in [9.17, 15) is 9.59 Å². The molecule has 3 atom stereocenters. The van der Waals surface area contributed by atoms with Crippen molar-refractivity contribution < 1.29 is 9.59 Å². The largest absolute Gasteiger partial charge is 0.346 e. The van der Waals surface area contributed by atoms with Crippen molar-refractivity contribution in [3.63, 3.8) is 0 Å². The highest BCUT2D eigenvalue weighted by molar-refractivity contribution is 5.91. The molecule has 4 heteroatoms. The smallest absolute Gasteiger partial charge is 0.224 e. The Hall–Kier alpha value is -1.71. The van der Waals surface area contributed by atoms with Crippen LogP contribution >= 0.6 is 0 Å². The lowest BCUT2D eigenvalue weighted by atomic mass is 9.83. The lowest BCUT2D eigenvalue weighted by Gasteiger charge is -2.30. The van der Waals surface area contributed by atoms with E-state index in [-0.39, 0.29) is 28.9 Å². The van der Waals surface area contributed by atoms with Gasteiger partial charge < -0.3 is 5.32 Å². The van der Waals surface area contributed by atoms with Gasteiger partial charge in [0, 0.05) is 30.1 Å².